The van der Waals surface area contributed by atoms with Gasteiger partial charge >= 0.3 is 0 Å². The molecule has 0 saturated carbocycles. The van der Waals surface area contributed by atoms with Gasteiger partial charge in [0.1, 0.15) is 5.82 Å². The molecule has 0 bridgehead atoms. The number of hydrogen-bond acceptors (Lipinski definition) is 2. The second-order valence-corrected chi connectivity index (χ2v) is 5.84. The quantitative estimate of drug-likeness (QED) is 0.901. The average molecular weight is 280 g/mol. The number of benzene rings is 1. The molecule has 0 aromatic heterocycles. The summed E-state index contributed by atoms with van der Waals surface area (Å²) in [4.78, 5) is 14.3. The SMILES string of the molecule is CC(C)C(N)C(=O)N(C(C)C)[C@@H](C)c1ccc(F)cc1. The summed E-state index contributed by atoms with van der Waals surface area (Å²) in [7, 11) is 0. The molecule has 1 aromatic rings. The van der Waals surface area contributed by atoms with Crippen molar-refractivity contribution in [2.24, 2.45) is 11.7 Å². The van der Waals surface area contributed by atoms with Gasteiger partial charge in [0.25, 0.3) is 0 Å². The maximum atomic E-state index is 13.0. The fourth-order valence-corrected chi connectivity index (χ4v) is 2.25. The predicted octanol–water partition coefficient (Wildman–Crippen LogP) is 3.11. The molecule has 2 atom stereocenters. The van der Waals surface area contributed by atoms with Crippen molar-refractivity contribution < 1.29 is 9.18 Å². The zero-order chi connectivity index (χ0) is 15.4. The molecule has 3 nitrogen and oxygen atoms in total. The van der Waals surface area contributed by atoms with E-state index in [1.807, 2.05) is 34.6 Å². The maximum absolute atomic E-state index is 13.0. The van der Waals surface area contributed by atoms with Crippen molar-refractivity contribution in [2.45, 2.75) is 52.7 Å². The van der Waals surface area contributed by atoms with E-state index >= 15 is 0 Å². The van der Waals surface area contributed by atoms with Crippen LogP contribution in [0.2, 0.25) is 0 Å². The molecule has 0 fully saturated rings. The molecule has 1 unspecified atom stereocenters. The molecule has 0 heterocycles. The standard InChI is InChI=1S/C16H25FN2O/c1-10(2)15(18)16(20)19(11(3)4)12(5)13-6-8-14(17)9-7-13/h6-12,15H,18H2,1-5H3/t12-,15?/m0/s1. The largest absolute Gasteiger partial charge is 0.332 e. The van der Waals surface area contributed by atoms with E-state index in [2.05, 4.69) is 0 Å². The fraction of sp³-hybridized carbons (Fsp3) is 0.562. The molecule has 2 N–H and O–H groups in total. The normalized spacial score (nSPS) is 14.4. The highest BCUT2D eigenvalue weighted by Crippen LogP contribution is 2.24. The second-order valence-electron chi connectivity index (χ2n) is 5.84. The van der Waals surface area contributed by atoms with Crippen LogP contribution in [0.15, 0.2) is 24.3 Å². The Morgan fingerprint density at radius 2 is 1.60 bits per heavy atom. The molecule has 20 heavy (non-hydrogen) atoms. The average Bonchev–Trinajstić information content (AvgIpc) is 2.37. The van der Waals surface area contributed by atoms with Crippen molar-refractivity contribution in [3.8, 4) is 0 Å². The molecule has 1 amide bonds. The highest BCUT2D eigenvalue weighted by Gasteiger charge is 2.29. The Kier molecular flexibility index (Phi) is 5.69. The van der Waals surface area contributed by atoms with E-state index in [4.69, 9.17) is 5.73 Å². The molecule has 1 rings (SSSR count). The van der Waals surface area contributed by atoms with E-state index in [1.54, 1.807) is 17.0 Å². The summed E-state index contributed by atoms with van der Waals surface area (Å²) in [5.41, 5.74) is 6.89. The number of amides is 1. The number of halogens is 1. The van der Waals surface area contributed by atoms with E-state index in [9.17, 15) is 9.18 Å². The minimum atomic E-state index is -0.514. The van der Waals surface area contributed by atoms with Crippen molar-refractivity contribution in [3.63, 3.8) is 0 Å². The Labute approximate surface area is 121 Å². The van der Waals surface area contributed by atoms with E-state index in [-0.39, 0.29) is 29.7 Å². The van der Waals surface area contributed by atoms with Crippen molar-refractivity contribution in [2.75, 3.05) is 0 Å². The highest BCUT2D eigenvalue weighted by molar-refractivity contribution is 5.82. The van der Waals surface area contributed by atoms with Crippen LogP contribution in [-0.2, 0) is 4.79 Å². The third-order valence-corrected chi connectivity index (χ3v) is 3.58. The number of carbonyl (C=O) groups is 1. The second kappa shape index (κ2) is 6.84. The van der Waals surface area contributed by atoms with Gasteiger partial charge in [0.15, 0.2) is 0 Å². The fourth-order valence-electron chi connectivity index (χ4n) is 2.25. The summed E-state index contributed by atoms with van der Waals surface area (Å²) in [6, 6.07) is 5.64. The van der Waals surface area contributed by atoms with Crippen molar-refractivity contribution in [3.05, 3.63) is 35.6 Å². The first kappa shape index (κ1) is 16.6. The van der Waals surface area contributed by atoms with E-state index in [0.717, 1.165) is 5.56 Å². The number of carbonyl (C=O) groups excluding carboxylic acids is 1. The number of hydrogen-bond donors (Lipinski definition) is 1. The number of nitrogens with zero attached hydrogens (tertiary/aromatic N) is 1. The molecule has 0 aliphatic carbocycles. The topological polar surface area (TPSA) is 46.3 Å². The summed E-state index contributed by atoms with van der Waals surface area (Å²) in [6.45, 7) is 9.74. The van der Waals surface area contributed by atoms with Crippen LogP contribution in [0.1, 0.15) is 46.2 Å². The summed E-state index contributed by atoms with van der Waals surface area (Å²) in [6.07, 6.45) is 0. The summed E-state index contributed by atoms with van der Waals surface area (Å²) in [5, 5.41) is 0. The Balaban J connectivity index is 3.01. The Morgan fingerprint density at radius 1 is 1.10 bits per heavy atom. The van der Waals surface area contributed by atoms with E-state index < -0.39 is 6.04 Å². The van der Waals surface area contributed by atoms with Gasteiger partial charge in [-0.3, -0.25) is 4.79 Å². The first-order valence-electron chi connectivity index (χ1n) is 7.09. The van der Waals surface area contributed by atoms with Crippen LogP contribution in [-0.4, -0.2) is 22.9 Å². The van der Waals surface area contributed by atoms with Crippen LogP contribution in [0.5, 0.6) is 0 Å². The van der Waals surface area contributed by atoms with Crippen LogP contribution in [0.25, 0.3) is 0 Å². The number of rotatable bonds is 5. The zero-order valence-corrected chi connectivity index (χ0v) is 12.9. The number of nitrogens with two attached hydrogens (primary N) is 1. The Morgan fingerprint density at radius 3 is 2.00 bits per heavy atom. The Hall–Kier alpha value is -1.42. The van der Waals surface area contributed by atoms with Gasteiger partial charge in [0.05, 0.1) is 12.1 Å². The third-order valence-electron chi connectivity index (χ3n) is 3.58. The third kappa shape index (κ3) is 3.79. The first-order chi connectivity index (χ1) is 9.25. The summed E-state index contributed by atoms with van der Waals surface area (Å²) >= 11 is 0. The van der Waals surface area contributed by atoms with Gasteiger partial charge in [0.2, 0.25) is 5.91 Å². The molecule has 1 aromatic carbocycles. The summed E-state index contributed by atoms with van der Waals surface area (Å²) in [5.74, 6) is -0.252. The first-order valence-corrected chi connectivity index (χ1v) is 7.09. The highest BCUT2D eigenvalue weighted by atomic mass is 19.1. The van der Waals surface area contributed by atoms with Crippen molar-refractivity contribution in [1.29, 1.82) is 0 Å². The summed E-state index contributed by atoms with van der Waals surface area (Å²) < 4.78 is 13.0. The molecule has 0 radical (unpaired) electrons. The molecule has 0 saturated heterocycles. The maximum Gasteiger partial charge on any atom is 0.240 e. The van der Waals surface area contributed by atoms with Gasteiger partial charge < -0.3 is 10.6 Å². The molecule has 0 spiro atoms. The van der Waals surface area contributed by atoms with Gasteiger partial charge in [-0.15, -0.1) is 0 Å². The lowest BCUT2D eigenvalue weighted by Gasteiger charge is -2.36. The molecule has 0 aliphatic heterocycles. The van der Waals surface area contributed by atoms with Gasteiger partial charge in [-0.2, -0.15) is 0 Å². The van der Waals surface area contributed by atoms with Gasteiger partial charge in [-0.25, -0.2) is 4.39 Å². The van der Waals surface area contributed by atoms with Gasteiger partial charge in [-0.05, 0) is 44.4 Å². The Bertz CT molecular complexity index is 442. The van der Waals surface area contributed by atoms with Crippen LogP contribution >= 0.6 is 0 Å². The smallest absolute Gasteiger partial charge is 0.240 e. The molecule has 4 heteroatoms. The van der Waals surface area contributed by atoms with Crippen LogP contribution in [0, 0.1) is 11.7 Å². The van der Waals surface area contributed by atoms with E-state index in [1.165, 1.54) is 12.1 Å². The van der Waals surface area contributed by atoms with Crippen molar-refractivity contribution >= 4 is 5.91 Å². The lowest BCUT2D eigenvalue weighted by molar-refractivity contribution is -0.137. The zero-order valence-electron chi connectivity index (χ0n) is 12.9. The lowest BCUT2D eigenvalue weighted by Crippen LogP contribution is -2.50. The minimum absolute atomic E-state index is 0.0346. The van der Waals surface area contributed by atoms with Crippen LogP contribution < -0.4 is 5.73 Å². The molecular formula is C16H25FN2O. The van der Waals surface area contributed by atoms with Gasteiger partial charge in [-0.1, -0.05) is 26.0 Å². The van der Waals surface area contributed by atoms with Crippen LogP contribution in [0.4, 0.5) is 4.39 Å². The molecule has 112 valence electrons. The lowest BCUT2D eigenvalue weighted by atomic mass is 9.99. The monoisotopic (exact) mass is 280 g/mol. The predicted molar refractivity (Wildman–Crippen MR) is 79.6 cm³/mol. The van der Waals surface area contributed by atoms with E-state index in [0.29, 0.717) is 0 Å². The molecule has 0 aliphatic rings. The molecular weight excluding hydrogens is 255 g/mol. The minimum Gasteiger partial charge on any atom is -0.332 e. The van der Waals surface area contributed by atoms with Crippen molar-refractivity contribution in [1.82, 2.24) is 4.90 Å². The van der Waals surface area contributed by atoms with Crippen LogP contribution in [0.3, 0.4) is 0 Å². The van der Waals surface area contributed by atoms with Gasteiger partial charge in [0, 0.05) is 6.04 Å².